The summed E-state index contributed by atoms with van der Waals surface area (Å²) in [5.41, 5.74) is 2.09. The van der Waals surface area contributed by atoms with Crippen LogP contribution in [0.1, 0.15) is 13.3 Å². The second-order valence-corrected chi connectivity index (χ2v) is 2.12. The normalized spacial score (nSPS) is 17.8. The first-order chi connectivity index (χ1) is 4.33. The van der Waals surface area contributed by atoms with E-state index in [-0.39, 0.29) is 0 Å². The van der Waals surface area contributed by atoms with E-state index in [0.717, 1.165) is 12.0 Å². The molecule has 1 radical (unpaired) electrons. The average molecular weight is 118 g/mol. The predicted molar refractivity (Wildman–Crippen MR) is 36.4 cm³/mol. The van der Waals surface area contributed by atoms with Gasteiger partial charge in [-0.1, -0.05) is 11.6 Å². The van der Waals surface area contributed by atoms with Gasteiger partial charge in [0.1, 0.15) is 0 Å². The Balaban J connectivity index is 2.73. The van der Waals surface area contributed by atoms with Gasteiger partial charge in [-0.05, 0) is 25.8 Å². The molecule has 0 unspecified atom stereocenters. The smallest absolute Gasteiger partial charge is 0.0947 e. The van der Waals surface area contributed by atoms with Gasteiger partial charge in [0, 0.05) is 5.57 Å². The summed E-state index contributed by atoms with van der Waals surface area (Å²) >= 11 is 0. The predicted octanol–water partition coefficient (Wildman–Crippen LogP) is 1.99. The van der Waals surface area contributed by atoms with Crippen LogP contribution in [-0.2, 0) is 0 Å². The van der Waals surface area contributed by atoms with Crippen molar-refractivity contribution in [3.8, 4) is 6.07 Å². The summed E-state index contributed by atoms with van der Waals surface area (Å²) in [6.45, 7) is 2.03. The van der Waals surface area contributed by atoms with Gasteiger partial charge in [-0.3, -0.25) is 0 Å². The van der Waals surface area contributed by atoms with Crippen molar-refractivity contribution in [1.29, 1.82) is 5.26 Å². The van der Waals surface area contributed by atoms with Crippen molar-refractivity contribution in [2.45, 2.75) is 13.3 Å². The third kappa shape index (κ3) is 1.43. The summed E-state index contributed by atoms with van der Waals surface area (Å²) in [4.78, 5) is 0. The first kappa shape index (κ1) is 6.10. The van der Waals surface area contributed by atoms with Crippen molar-refractivity contribution < 1.29 is 0 Å². The summed E-state index contributed by atoms with van der Waals surface area (Å²) in [6.07, 6.45) is 6.69. The number of hydrogen-bond acceptors (Lipinski definition) is 1. The number of allylic oxidation sites excluding steroid dienone is 4. The van der Waals surface area contributed by atoms with Gasteiger partial charge in [0.05, 0.1) is 6.07 Å². The van der Waals surface area contributed by atoms with Crippen LogP contribution in [0.4, 0.5) is 0 Å². The second-order valence-electron chi connectivity index (χ2n) is 2.12. The fourth-order valence-corrected chi connectivity index (χ4v) is 0.722. The molecular formula is C8H8N. The lowest BCUT2D eigenvalue weighted by atomic mass is 10.0. The third-order valence-corrected chi connectivity index (χ3v) is 1.33. The number of rotatable bonds is 0. The molecule has 1 aliphatic carbocycles. The Morgan fingerprint density at radius 2 is 2.33 bits per heavy atom. The van der Waals surface area contributed by atoms with E-state index in [0.29, 0.717) is 0 Å². The van der Waals surface area contributed by atoms with Crippen LogP contribution in [0.3, 0.4) is 0 Å². The van der Waals surface area contributed by atoms with Crippen molar-refractivity contribution in [1.82, 2.24) is 0 Å². The Labute approximate surface area is 55.3 Å². The maximum Gasteiger partial charge on any atom is 0.0947 e. The van der Waals surface area contributed by atoms with Crippen LogP contribution in [0.2, 0.25) is 0 Å². The molecule has 0 aromatic carbocycles. The van der Waals surface area contributed by atoms with Gasteiger partial charge in [-0.15, -0.1) is 0 Å². The molecule has 0 fully saturated rings. The molecule has 1 heteroatoms. The SMILES string of the molecule is CC1=CC=C(C#N)C[CH]1. The summed E-state index contributed by atoms with van der Waals surface area (Å²) in [5.74, 6) is 0. The molecule has 0 amide bonds. The highest BCUT2D eigenvalue weighted by Gasteiger charge is 2.00. The maximum atomic E-state index is 8.41. The summed E-state index contributed by atoms with van der Waals surface area (Å²) in [6, 6.07) is 2.11. The third-order valence-electron chi connectivity index (χ3n) is 1.33. The molecule has 0 aromatic rings. The Bertz CT molecular complexity index is 203. The maximum absolute atomic E-state index is 8.41. The molecule has 0 aliphatic heterocycles. The molecule has 0 aromatic heterocycles. The first-order valence-corrected chi connectivity index (χ1v) is 2.93. The van der Waals surface area contributed by atoms with E-state index in [4.69, 9.17) is 5.26 Å². The highest BCUT2D eigenvalue weighted by atomic mass is 14.2. The van der Waals surface area contributed by atoms with Crippen LogP contribution in [0, 0.1) is 17.8 Å². The number of nitrogens with zero attached hydrogens (tertiary/aromatic N) is 1. The van der Waals surface area contributed by atoms with Crippen LogP contribution >= 0.6 is 0 Å². The molecule has 0 saturated carbocycles. The highest BCUT2D eigenvalue weighted by Crippen LogP contribution is 2.14. The van der Waals surface area contributed by atoms with Gasteiger partial charge >= 0.3 is 0 Å². The summed E-state index contributed by atoms with van der Waals surface area (Å²) in [5, 5.41) is 8.41. The van der Waals surface area contributed by atoms with Crippen LogP contribution < -0.4 is 0 Å². The van der Waals surface area contributed by atoms with Gasteiger partial charge in [-0.25, -0.2) is 0 Å². The molecule has 0 spiro atoms. The summed E-state index contributed by atoms with van der Waals surface area (Å²) in [7, 11) is 0. The molecule has 0 atom stereocenters. The molecule has 0 saturated heterocycles. The van der Waals surface area contributed by atoms with Crippen molar-refractivity contribution in [2.75, 3.05) is 0 Å². The van der Waals surface area contributed by atoms with Crippen molar-refractivity contribution in [2.24, 2.45) is 0 Å². The fraction of sp³-hybridized carbons (Fsp3) is 0.250. The quantitative estimate of drug-likeness (QED) is 0.477. The Morgan fingerprint density at radius 1 is 1.56 bits per heavy atom. The van der Waals surface area contributed by atoms with E-state index in [1.807, 2.05) is 19.1 Å². The van der Waals surface area contributed by atoms with Gasteiger partial charge in [0.15, 0.2) is 0 Å². The molecule has 45 valence electrons. The van der Waals surface area contributed by atoms with Gasteiger partial charge in [-0.2, -0.15) is 5.26 Å². The van der Waals surface area contributed by atoms with Gasteiger partial charge in [0.2, 0.25) is 0 Å². The Morgan fingerprint density at radius 3 is 2.78 bits per heavy atom. The average Bonchev–Trinajstić information content (AvgIpc) is 1.90. The molecule has 1 aliphatic rings. The van der Waals surface area contributed by atoms with E-state index in [1.54, 1.807) is 0 Å². The van der Waals surface area contributed by atoms with E-state index >= 15 is 0 Å². The Hall–Kier alpha value is -1.03. The first-order valence-electron chi connectivity index (χ1n) is 2.93. The molecular weight excluding hydrogens is 110 g/mol. The summed E-state index contributed by atoms with van der Waals surface area (Å²) < 4.78 is 0. The lowest BCUT2D eigenvalue weighted by Crippen LogP contribution is -1.88. The molecule has 9 heavy (non-hydrogen) atoms. The lowest BCUT2D eigenvalue weighted by Gasteiger charge is -2.03. The van der Waals surface area contributed by atoms with Gasteiger partial charge < -0.3 is 0 Å². The van der Waals surface area contributed by atoms with Crippen molar-refractivity contribution in [3.05, 3.63) is 29.7 Å². The largest absolute Gasteiger partial charge is 0.193 e. The van der Waals surface area contributed by atoms with E-state index in [9.17, 15) is 0 Å². The second kappa shape index (κ2) is 2.50. The zero-order chi connectivity index (χ0) is 6.69. The van der Waals surface area contributed by atoms with Crippen LogP contribution in [-0.4, -0.2) is 0 Å². The molecule has 0 bridgehead atoms. The molecule has 0 heterocycles. The van der Waals surface area contributed by atoms with E-state index in [2.05, 4.69) is 12.5 Å². The van der Waals surface area contributed by atoms with Crippen LogP contribution in [0.25, 0.3) is 0 Å². The van der Waals surface area contributed by atoms with Gasteiger partial charge in [0.25, 0.3) is 0 Å². The topological polar surface area (TPSA) is 23.8 Å². The van der Waals surface area contributed by atoms with E-state index < -0.39 is 0 Å². The zero-order valence-electron chi connectivity index (χ0n) is 5.39. The highest BCUT2D eigenvalue weighted by molar-refractivity contribution is 5.36. The van der Waals surface area contributed by atoms with E-state index in [1.165, 1.54) is 5.57 Å². The standard InChI is InChI=1S/C8H8N/c1-7-2-4-8(6-9)5-3-7/h2-4H,5H2,1H3. The van der Waals surface area contributed by atoms with Crippen molar-refractivity contribution >= 4 is 0 Å². The molecule has 0 N–H and O–H groups in total. The monoisotopic (exact) mass is 118 g/mol. The lowest BCUT2D eigenvalue weighted by molar-refractivity contribution is 1.13. The molecule has 1 rings (SSSR count). The molecule has 1 nitrogen and oxygen atoms in total. The zero-order valence-corrected chi connectivity index (χ0v) is 5.39. The minimum absolute atomic E-state index is 0.804. The van der Waals surface area contributed by atoms with Crippen LogP contribution in [0.5, 0.6) is 0 Å². The number of hydrogen-bond donors (Lipinski definition) is 0. The minimum Gasteiger partial charge on any atom is -0.193 e. The van der Waals surface area contributed by atoms with Crippen molar-refractivity contribution in [3.63, 3.8) is 0 Å². The minimum atomic E-state index is 0.804. The van der Waals surface area contributed by atoms with Crippen LogP contribution in [0.15, 0.2) is 23.3 Å². The Kier molecular flexibility index (Phi) is 1.69. The number of nitriles is 1. The fourth-order valence-electron chi connectivity index (χ4n) is 0.722.